The molecule has 2 aliphatic rings. The summed E-state index contributed by atoms with van der Waals surface area (Å²) in [6.45, 7) is 6.38. The molecule has 20 heavy (non-hydrogen) atoms. The van der Waals surface area contributed by atoms with Crippen molar-refractivity contribution in [2.45, 2.75) is 39.0 Å². The van der Waals surface area contributed by atoms with E-state index < -0.39 is 0 Å². The predicted octanol–water partition coefficient (Wildman–Crippen LogP) is 1.96. The van der Waals surface area contributed by atoms with E-state index in [2.05, 4.69) is 18.3 Å². The molecule has 0 aliphatic carbocycles. The van der Waals surface area contributed by atoms with Crippen molar-refractivity contribution >= 4 is 5.91 Å². The molecule has 1 amide bonds. The molecule has 2 rings (SSSR count). The summed E-state index contributed by atoms with van der Waals surface area (Å²) in [4.78, 5) is 15.0. The van der Waals surface area contributed by atoms with Gasteiger partial charge < -0.3 is 15.0 Å². The molecule has 0 bridgehead atoms. The minimum atomic E-state index is -0.153. The summed E-state index contributed by atoms with van der Waals surface area (Å²) in [5.41, 5.74) is 1.17. The lowest BCUT2D eigenvalue weighted by molar-refractivity contribution is -0.143. The summed E-state index contributed by atoms with van der Waals surface area (Å²) in [6, 6.07) is 0. The monoisotopic (exact) mass is 280 g/mol. The van der Waals surface area contributed by atoms with Crippen LogP contribution in [-0.4, -0.2) is 50.7 Å². The third kappa shape index (κ3) is 3.41. The van der Waals surface area contributed by atoms with Crippen molar-refractivity contribution in [3.63, 3.8) is 0 Å². The van der Waals surface area contributed by atoms with Crippen molar-refractivity contribution in [2.24, 2.45) is 5.41 Å². The van der Waals surface area contributed by atoms with Crippen LogP contribution in [0.25, 0.3) is 0 Å². The van der Waals surface area contributed by atoms with Gasteiger partial charge in [0.1, 0.15) is 0 Å². The average Bonchev–Trinajstić information content (AvgIpc) is 2.49. The first-order valence-electron chi connectivity index (χ1n) is 7.89. The Hall–Kier alpha value is -0.870. The highest BCUT2D eigenvalue weighted by atomic mass is 16.5. The van der Waals surface area contributed by atoms with Gasteiger partial charge in [0, 0.05) is 26.7 Å². The molecule has 0 aromatic rings. The smallest absolute Gasteiger partial charge is 0.230 e. The lowest BCUT2D eigenvalue weighted by atomic mass is 9.75. The van der Waals surface area contributed by atoms with Crippen LogP contribution in [0.5, 0.6) is 0 Å². The fourth-order valence-electron chi connectivity index (χ4n) is 3.50. The van der Waals surface area contributed by atoms with Crippen LogP contribution in [0.2, 0.25) is 0 Å². The summed E-state index contributed by atoms with van der Waals surface area (Å²) in [6.07, 6.45) is 7.36. The number of methoxy groups -OCH3 is 1. The number of piperidine rings is 1. The van der Waals surface area contributed by atoms with Gasteiger partial charge in [0.25, 0.3) is 0 Å². The summed E-state index contributed by atoms with van der Waals surface area (Å²) in [5, 5.41) is 3.43. The Morgan fingerprint density at radius 3 is 2.95 bits per heavy atom. The highest BCUT2D eigenvalue weighted by molar-refractivity contribution is 5.83. The molecule has 114 valence electrons. The second-order valence-corrected chi connectivity index (χ2v) is 6.11. The van der Waals surface area contributed by atoms with Crippen LogP contribution < -0.4 is 5.32 Å². The van der Waals surface area contributed by atoms with Gasteiger partial charge in [-0.2, -0.15) is 0 Å². The Morgan fingerprint density at radius 1 is 1.55 bits per heavy atom. The molecule has 1 fully saturated rings. The first-order chi connectivity index (χ1) is 9.72. The molecular formula is C16H28N2O2. The molecular weight excluding hydrogens is 252 g/mol. The number of hydrogen-bond donors (Lipinski definition) is 1. The first-order valence-corrected chi connectivity index (χ1v) is 7.89. The molecule has 4 heteroatoms. The molecule has 1 unspecified atom stereocenters. The van der Waals surface area contributed by atoms with Crippen molar-refractivity contribution in [2.75, 3.05) is 39.9 Å². The van der Waals surface area contributed by atoms with E-state index in [9.17, 15) is 4.79 Å². The molecule has 2 aliphatic heterocycles. The van der Waals surface area contributed by atoms with E-state index >= 15 is 0 Å². The molecule has 0 spiro atoms. The summed E-state index contributed by atoms with van der Waals surface area (Å²) in [5.74, 6) is 0.360. The Balaban J connectivity index is 2.02. The van der Waals surface area contributed by atoms with E-state index in [1.807, 2.05) is 4.90 Å². The van der Waals surface area contributed by atoms with Gasteiger partial charge in [-0.3, -0.25) is 4.79 Å². The molecule has 1 saturated heterocycles. The maximum absolute atomic E-state index is 13.0. The highest BCUT2D eigenvalue weighted by Gasteiger charge is 2.41. The molecule has 0 radical (unpaired) electrons. The zero-order valence-corrected chi connectivity index (χ0v) is 12.9. The van der Waals surface area contributed by atoms with Gasteiger partial charge in [-0.15, -0.1) is 0 Å². The van der Waals surface area contributed by atoms with Crippen LogP contribution in [0.1, 0.15) is 39.0 Å². The third-order valence-corrected chi connectivity index (χ3v) is 4.57. The number of nitrogens with zero attached hydrogens (tertiary/aromatic N) is 1. The Kier molecular flexibility index (Phi) is 5.61. The molecule has 2 heterocycles. The quantitative estimate of drug-likeness (QED) is 0.783. The maximum atomic E-state index is 13.0. The minimum absolute atomic E-state index is 0.153. The molecule has 0 saturated carbocycles. The molecule has 4 nitrogen and oxygen atoms in total. The van der Waals surface area contributed by atoms with Gasteiger partial charge in [0.15, 0.2) is 0 Å². The van der Waals surface area contributed by atoms with Gasteiger partial charge >= 0.3 is 0 Å². The summed E-state index contributed by atoms with van der Waals surface area (Å²) < 4.78 is 5.17. The fraction of sp³-hybridized carbons (Fsp3) is 0.812. The van der Waals surface area contributed by atoms with Crippen molar-refractivity contribution in [1.82, 2.24) is 10.2 Å². The van der Waals surface area contributed by atoms with E-state index in [4.69, 9.17) is 4.74 Å². The maximum Gasteiger partial charge on any atom is 0.230 e. The number of ether oxygens (including phenoxy) is 1. The average molecular weight is 280 g/mol. The number of carbonyl (C=O) groups excluding carboxylic acids is 1. The molecule has 0 aromatic heterocycles. The Labute approximate surface area is 122 Å². The van der Waals surface area contributed by atoms with Gasteiger partial charge in [0.05, 0.1) is 12.0 Å². The second kappa shape index (κ2) is 7.23. The SMILES string of the molecule is CCCC1(C(=O)N2CC=C(COC)CC2)CCCNC1. The number of hydrogen-bond acceptors (Lipinski definition) is 3. The topological polar surface area (TPSA) is 41.6 Å². The van der Waals surface area contributed by atoms with Crippen molar-refractivity contribution in [3.05, 3.63) is 11.6 Å². The van der Waals surface area contributed by atoms with E-state index in [0.29, 0.717) is 12.5 Å². The van der Waals surface area contributed by atoms with E-state index in [1.165, 1.54) is 5.57 Å². The number of carbonyl (C=O) groups is 1. The number of rotatable bonds is 5. The van der Waals surface area contributed by atoms with Gasteiger partial charge in [-0.05, 0) is 37.8 Å². The fourth-order valence-corrected chi connectivity index (χ4v) is 3.50. The zero-order valence-electron chi connectivity index (χ0n) is 12.9. The van der Waals surface area contributed by atoms with E-state index in [0.717, 1.165) is 58.3 Å². The molecule has 0 aromatic carbocycles. The second-order valence-electron chi connectivity index (χ2n) is 6.11. The van der Waals surface area contributed by atoms with Gasteiger partial charge in [0.2, 0.25) is 5.91 Å². The Morgan fingerprint density at radius 2 is 2.40 bits per heavy atom. The highest BCUT2D eigenvalue weighted by Crippen LogP contribution is 2.34. The van der Waals surface area contributed by atoms with E-state index in [-0.39, 0.29) is 5.41 Å². The molecule has 1 N–H and O–H groups in total. The lowest BCUT2D eigenvalue weighted by Crippen LogP contribution is -2.52. The predicted molar refractivity (Wildman–Crippen MR) is 80.6 cm³/mol. The zero-order chi connectivity index (χ0) is 14.4. The van der Waals surface area contributed by atoms with Crippen LogP contribution in [-0.2, 0) is 9.53 Å². The summed E-state index contributed by atoms with van der Waals surface area (Å²) in [7, 11) is 1.72. The first kappa shape index (κ1) is 15.5. The molecule has 1 atom stereocenters. The largest absolute Gasteiger partial charge is 0.380 e. The third-order valence-electron chi connectivity index (χ3n) is 4.57. The van der Waals surface area contributed by atoms with Gasteiger partial charge in [-0.25, -0.2) is 0 Å². The van der Waals surface area contributed by atoms with Crippen LogP contribution in [0.4, 0.5) is 0 Å². The van der Waals surface area contributed by atoms with Crippen molar-refractivity contribution < 1.29 is 9.53 Å². The Bertz CT molecular complexity index is 354. The van der Waals surface area contributed by atoms with E-state index in [1.54, 1.807) is 7.11 Å². The normalized spacial score (nSPS) is 27.3. The lowest BCUT2D eigenvalue weighted by Gasteiger charge is -2.41. The van der Waals surface area contributed by atoms with Gasteiger partial charge in [-0.1, -0.05) is 19.4 Å². The minimum Gasteiger partial charge on any atom is -0.380 e. The van der Waals surface area contributed by atoms with Crippen molar-refractivity contribution in [1.29, 1.82) is 0 Å². The number of amides is 1. The van der Waals surface area contributed by atoms with Crippen molar-refractivity contribution in [3.8, 4) is 0 Å². The number of nitrogens with one attached hydrogen (secondary N) is 1. The van der Waals surface area contributed by atoms with Crippen LogP contribution in [0.15, 0.2) is 11.6 Å². The van der Waals surface area contributed by atoms with Crippen LogP contribution in [0.3, 0.4) is 0 Å². The summed E-state index contributed by atoms with van der Waals surface area (Å²) >= 11 is 0. The van der Waals surface area contributed by atoms with Crippen LogP contribution in [0, 0.1) is 5.41 Å². The standard InChI is InChI=1S/C16H28N2O2/c1-3-7-16(8-4-9-17-13-16)15(19)18-10-5-14(6-11-18)12-20-2/h5,17H,3-4,6-13H2,1-2H3. The van der Waals surface area contributed by atoms with Crippen LogP contribution >= 0.6 is 0 Å².